The zero-order valence-electron chi connectivity index (χ0n) is 15.8. The van der Waals surface area contributed by atoms with Crippen LogP contribution in [0.5, 0.6) is 0 Å². The zero-order chi connectivity index (χ0) is 19.6. The number of carbonyl (C=O) groups is 1. The van der Waals surface area contributed by atoms with Gasteiger partial charge in [-0.05, 0) is 24.0 Å². The molecule has 0 spiro atoms. The van der Waals surface area contributed by atoms with Crippen LogP contribution in [0.2, 0.25) is 0 Å². The lowest BCUT2D eigenvalue weighted by Crippen LogP contribution is -2.27. The number of fused-ring (bicyclic) bond motifs is 2. The Hall–Kier alpha value is -2.94. The number of hydrogen-bond donors (Lipinski definition) is 2. The first-order valence-corrected chi connectivity index (χ1v) is 10.8. The van der Waals surface area contributed by atoms with E-state index in [0.717, 1.165) is 29.8 Å². The second-order valence-corrected chi connectivity index (χ2v) is 8.38. The first-order chi connectivity index (χ1) is 14.2. The summed E-state index contributed by atoms with van der Waals surface area (Å²) >= 11 is 1.54. The summed E-state index contributed by atoms with van der Waals surface area (Å²) in [6, 6.07) is 8.86. The second kappa shape index (κ2) is 7.82. The number of hydrogen-bond acceptors (Lipinski definition) is 7. The number of thioether (sulfide) groups is 1. The molecule has 0 fully saturated rings. The fourth-order valence-electron chi connectivity index (χ4n) is 3.87. The van der Waals surface area contributed by atoms with Gasteiger partial charge >= 0.3 is 0 Å². The molecule has 2 N–H and O–H groups in total. The van der Waals surface area contributed by atoms with Crippen LogP contribution in [0.25, 0.3) is 0 Å². The number of anilines is 1. The van der Waals surface area contributed by atoms with Gasteiger partial charge in [0.05, 0.1) is 23.7 Å². The van der Waals surface area contributed by atoms with Gasteiger partial charge in [-0.25, -0.2) is 9.97 Å². The summed E-state index contributed by atoms with van der Waals surface area (Å²) in [4.78, 5) is 23.5. The summed E-state index contributed by atoms with van der Waals surface area (Å²) in [6.45, 7) is 1.12. The van der Waals surface area contributed by atoms with Crippen molar-refractivity contribution in [2.75, 3.05) is 11.1 Å². The van der Waals surface area contributed by atoms with Gasteiger partial charge in [0.1, 0.15) is 0 Å². The van der Waals surface area contributed by atoms with Crippen molar-refractivity contribution in [3.8, 4) is 0 Å². The summed E-state index contributed by atoms with van der Waals surface area (Å²) in [7, 11) is 0. The highest BCUT2D eigenvalue weighted by atomic mass is 32.2. The summed E-state index contributed by atoms with van der Waals surface area (Å²) in [5.41, 5.74) is 5.60. The standard InChI is InChI=1S/C20H21N7OS/c28-19(12-29-11-17-8-22-26-25-17)27-9-15-7-21-20(24-18(15)10-27)23-16-5-13-3-1-2-4-14(13)6-16/h1-4,7-8,16H,5-6,9-12H2,(H,21,23,24)(H,22,25,26). The second-order valence-electron chi connectivity index (χ2n) is 7.39. The minimum atomic E-state index is 0.109. The van der Waals surface area contributed by atoms with Crippen LogP contribution in [0, 0.1) is 0 Å². The maximum Gasteiger partial charge on any atom is 0.233 e. The summed E-state index contributed by atoms with van der Waals surface area (Å²) < 4.78 is 0. The molecule has 2 aliphatic rings. The molecular weight excluding hydrogens is 386 g/mol. The molecule has 0 saturated carbocycles. The first-order valence-electron chi connectivity index (χ1n) is 9.63. The predicted molar refractivity (Wildman–Crippen MR) is 110 cm³/mol. The Morgan fingerprint density at radius 3 is 2.79 bits per heavy atom. The molecule has 3 aromatic rings. The summed E-state index contributed by atoms with van der Waals surface area (Å²) in [5, 5.41) is 13.8. The Morgan fingerprint density at radius 1 is 1.21 bits per heavy atom. The van der Waals surface area contributed by atoms with Gasteiger partial charge in [-0.15, -0.1) is 16.9 Å². The average molecular weight is 408 g/mol. The third-order valence-electron chi connectivity index (χ3n) is 5.34. The Balaban J connectivity index is 1.16. The molecule has 148 valence electrons. The zero-order valence-corrected chi connectivity index (χ0v) is 16.7. The van der Waals surface area contributed by atoms with E-state index in [1.165, 1.54) is 11.1 Å². The lowest BCUT2D eigenvalue weighted by Gasteiger charge is -2.14. The molecule has 1 aromatic carbocycles. The number of H-pyrrole nitrogens is 1. The Morgan fingerprint density at radius 2 is 2.03 bits per heavy atom. The van der Waals surface area contributed by atoms with Crippen LogP contribution in [0.3, 0.4) is 0 Å². The number of rotatable bonds is 6. The number of carbonyl (C=O) groups excluding carboxylic acids is 1. The lowest BCUT2D eigenvalue weighted by atomic mass is 10.1. The highest BCUT2D eigenvalue weighted by molar-refractivity contribution is 7.99. The highest BCUT2D eigenvalue weighted by Gasteiger charge is 2.26. The molecule has 9 heteroatoms. The van der Waals surface area contributed by atoms with Gasteiger partial charge in [0.25, 0.3) is 0 Å². The van der Waals surface area contributed by atoms with Crippen molar-refractivity contribution in [2.24, 2.45) is 0 Å². The van der Waals surface area contributed by atoms with Crippen LogP contribution in [0.1, 0.15) is 28.1 Å². The minimum Gasteiger partial charge on any atom is -0.351 e. The van der Waals surface area contributed by atoms with E-state index in [-0.39, 0.29) is 5.91 Å². The van der Waals surface area contributed by atoms with Gasteiger partial charge in [0.15, 0.2) is 0 Å². The molecule has 1 aliphatic heterocycles. The summed E-state index contributed by atoms with van der Waals surface area (Å²) in [5.74, 6) is 1.84. The molecule has 0 radical (unpaired) electrons. The molecule has 8 nitrogen and oxygen atoms in total. The van der Waals surface area contributed by atoms with E-state index in [1.54, 1.807) is 18.0 Å². The molecular formula is C20H21N7OS. The molecule has 3 heterocycles. The van der Waals surface area contributed by atoms with Crippen molar-refractivity contribution in [1.82, 2.24) is 30.3 Å². The number of nitrogens with one attached hydrogen (secondary N) is 2. The first kappa shape index (κ1) is 18.1. The Labute approximate surface area is 172 Å². The fourth-order valence-corrected chi connectivity index (χ4v) is 4.68. The maximum absolute atomic E-state index is 12.5. The topological polar surface area (TPSA) is 99.7 Å². The average Bonchev–Trinajstić information content (AvgIpc) is 3.46. The predicted octanol–water partition coefficient (Wildman–Crippen LogP) is 1.95. The fraction of sp³-hybridized carbons (Fsp3) is 0.350. The smallest absolute Gasteiger partial charge is 0.233 e. The molecule has 2 aromatic heterocycles. The van der Waals surface area contributed by atoms with Crippen molar-refractivity contribution < 1.29 is 4.79 Å². The van der Waals surface area contributed by atoms with E-state index < -0.39 is 0 Å². The minimum absolute atomic E-state index is 0.109. The van der Waals surface area contributed by atoms with Crippen LogP contribution < -0.4 is 5.32 Å². The molecule has 0 bridgehead atoms. The van der Waals surface area contributed by atoms with Gasteiger partial charge in [-0.1, -0.05) is 29.5 Å². The van der Waals surface area contributed by atoms with Crippen molar-refractivity contribution >= 4 is 23.6 Å². The van der Waals surface area contributed by atoms with Crippen LogP contribution in [-0.2, 0) is 36.5 Å². The van der Waals surface area contributed by atoms with E-state index in [1.807, 2.05) is 11.1 Å². The monoisotopic (exact) mass is 407 g/mol. The van der Waals surface area contributed by atoms with E-state index in [2.05, 4.69) is 55.0 Å². The number of benzene rings is 1. The maximum atomic E-state index is 12.5. The van der Waals surface area contributed by atoms with Crippen LogP contribution in [0.15, 0.2) is 36.7 Å². The van der Waals surface area contributed by atoms with Crippen molar-refractivity contribution in [3.05, 3.63) is 64.7 Å². The molecule has 0 saturated heterocycles. The Bertz CT molecular complexity index is 998. The third kappa shape index (κ3) is 3.95. The van der Waals surface area contributed by atoms with E-state index in [4.69, 9.17) is 0 Å². The molecule has 1 aliphatic carbocycles. The number of aromatic amines is 1. The van der Waals surface area contributed by atoms with Crippen molar-refractivity contribution in [2.45, 2.75) is 37.7 Å². The highest BCUT2D eigenvalue weighted by Crippen LogP contribution is 2.26. The van der Waals surface area contributed by atoms with Crippen molar-refractivity contribution in [1.29, 1.82) is 0 Å². The largest absolute Gasteiger partial charge is 0.351 e. The normalized spacial score (nSPS) is 15.4. The summed E-state index contributed by atoms with van der Waals surface area (Å²) in [6.07, 6.45) is 5.58. The molecule has 1 amide bonds. The Kier molecular flexibility index (Phi) is 4.89. The quantitative estimate of drug-likeness (QED) is 0.644. The number of aromatic nitrogens is 5. The van der Waals surface area contributed by atoms with E-state index in [9.17, 15) is 4.79 Å². The van der Waals surface area contributed by atoms with Gasteiger partial charge in [0.2, 0.25) is 11.9 Å². The van der Waals surface area contributed by atoms with Crippen LogP contribution >= 0.6 is 11.8 Å². The number of nitrogens with zero attached hydrogens (tertiary/aromatic N) is 5. The molecule has 29 heavy (non-hydrogen) atoms. The van der Waals surface area contributed by atoms with Gasteiger partial charge in [-0.2, -0.15) is 0 Å². The van der Waals surface area contributed by atoms with Gasteiger partial charge in [-0.3, -0.25) is 9.89 Å². The van der Waals surface area contributed by atoms with E-state index in [0.29, 0.717) is 36.6 Å². The molecule has 0 unspecified atom stereocenters. The van der Waals surface area contributed by atoms with E-state index >= 15 is 0 Å². The lowest BCUT2D eigenvalue weighted by molar-refractivity contribution is -0.128. The molecule has 0 atom stereocenters. The number of amides is 1. The van der Waals surface area contributed by atoms with Crippen LogP contribution in [-0.4, -0.2) is 48.0 Å². The third-order valence-corrected chi connectivity index (χ3v) is 6.29. The SMILES string of the molecule is O=C(CSCc1c[nH]nn1)N1Cc2cnc(NC3Cc4ccccc4C3)nc2C1. The van der Waals surface area contributed by atoms with Crippen molar-refractivity contribution in [3.63, 3.8) is 0 Å². The van der Waals surface area contributed by atoms with Gasteiger partial charge < -0.3 is 10.2 Å². The van der Waals surface area contributed by atoms with Crippen LogP contribution in [0.4, 0.5) is 5.95 Å². The molecule has 5 rings (SSSR count). The van der Waals surface area contributed by atoms with Gasteiger partial charge in [0, 0.05) is 36.3 Å².